The molecule has 5 heteroatoms. The number of nitrogens with zero attached hydrogens (tertiary/aromatic N) is 2. The van der Waals surface area contributed by atoms with Crippen LogP contribution < -0.4 is 0 Å². The van der Waals surface area contributed by atoms with Crippen LogP contribution in [0.3, 0.4) is 0 Å². The summed E-state index contributed by atoms with van der Waals surface area (Å²) in [6.07, 6.45) is 1.97. The minimum absolute atomic E-state index is 0.617. The van der Waals surface area contributed by atoms with Gasteiger partial charge in [0.2, 0.25) is 0 Å². The topological polar surface area (TPSA) is 41.6 Å². The molecule has 0 aliphatic carbocycles. The zero-order chi connectivity index (χ0) is 16.5. The zero-order valence-corrected chi connectivity index (χ0v) is 14.5. The minimum Gasteiger partial charge on any atom is -0.332 e. The summed E-state index contributed by atoms with van der Waals surface area (Å²) in [6.45, 7) is 0. The highest BCUT2D eigenvalue weighted by molar-refractivity contribution is 7.98. The van der Waals surface area contributed by atoms with Crippen molar-refractivity contribution < 1.29 is 0 Å². The second-order valence-electron chi connectivity index (χ2n) is 5.38. The van der Waals surface area contributed by atoms with Crippen LogP contribution >= 0.6 is 23.4 Å². The third kappa shape index (κ3) is 2.79. The first-order valence-electron chi connectivity index (χ1n) is 7.51. The number of imidazole rings is 1. The number of pyridine rings is 1. The van der Waals surface area contributed by atoms with Crippen LogP contribution in [0.15, 0.2) is 65.8 Å². The van der Waals surface area contributed by atoms with Crippen LogP contribution in [-0.4, -0.2) is 21.2 Å². The lowest BCUT2D eigenvalue weighted by Crippen LogP contribution is -1.87. The van der Waals surface area contributed by atoms with Gasteiger partial charge in [-0.15, -0.1) is 0 Å². The quantitative estimate of drug-likeness (QED) is 0.484. The largest absolute Gasteiger partial charge is 0.332 e. The van der Waals surface area contributed by atoms with Gasteiger partial charge in [-0.05, 0) is 23.4 Å². The first-order valence-corrected chi connectivity index (χ1v) is 9.11. The number of nitrogens with one attached hydrogen (secondary N) is 1. The number of thioether (sulfide) groups is 1. The van der Waals surface area contributed by atoms with E-state index in [1.807, 2.05) is 42.7 Å². The van der Waals surface area contributed by atoms with E-state index in [1.165, 1.54) is 11.1 Å². The molecule has 4 rings (SSSR count). The van der Waals surface area contributed by atoms with Gasteiger partial charge in [-0.1, -0.05) is 78.0 Å². The van der Waals surface area contributed by atoms with E-state index in [4.69, 9.17) is 11.6 Å². The Labute approximate surface area is 149 Å². The van der Waals surface area contributed by atoms with Crippen molar-refractivity contribution >= 4 is 34.5 Å². The summed E-state index contributed by atoms with van der Waals surface area (Å²) in [6, 6.07) is 20.4. The standard InChI is InChI=1S/C19H14ClN3S/c1-24-19-21-16-11-15(20)17(22-18(16)23-19)14-9-7-13(8-10-14)12-5-3-2-4-6-12/h2-11H,1H3,(H,21,22,23). The molecule has 118 valence electrons. The predicted octanol–water partition coefficient (Wildman–Crippen LogP) is 5.67. The molecular weight excluding hydrogens is 338 g/mol. The van der Waals surface area contributed by atoms with Crippen LogP contribution in [0.1, 0.15) is 0 Å². The van der Waals surface area contributed by atoms with E-state index in [1.54, 1.807) is 11.8 Å². The fourth-order valence-corrected chi connectivity index (χ4v) is 3.30. The predicted molar refractivity (Wildman–Crippen MR) is 102 cm³/mol. The molecule has 0 saturated heterocycles. The van der Waals surface area contributed by atoms with Crippen LogP contribution in [0.2, 0.25) is 5.02 Å². The smallest absolute Gasteiger partial charge is 0.179 e. The van der Waals surface area contributed by atoms with Crippen molar-refractivity contribution in [1.29, 1.82) is 0 Å². The highest BCUT2D eigenvalue weighted by Crippen LogP contribution is 2.31. The number of H-pyrrole nitrogens is 1. The third-order valence-electron chi connectivity index (χ3n) is 3.86. The van der Waals surface area contributed by atoms with Crippen molar-refractivity contribution in [3.05, 3.63) is 65.7 Å². The molecule has 24 heavy (non-hydrogen) atoms. The van der Waals surface area contributed by atoms with Crippen LogP contribution in [-0.2, 0) is 0 Å². The Morgan fingerprint density at radius 3 is 2.25 bits per heavy atom. The molecule has 2 aromatic heterocycles. The number of aromatic amines is 1. The Bertz CT molecular complexity index is 994. The molecule has 0 fully saturated rings. The van der Waals surface area contributed by atoms with Gasteiger partial charge in [0.25, 0.3) is 0 Å². The van der Waals surface area contributed by atoms with Crippen molar-refractivity contribution in [2.45, 2.75) is 5.16 Å². The van der Waals surface area contributed by atoms with Gasteiger partial charge in [-0.3, -0.25) is 0 Å². The minimum atomic E-state index is 0.617. The van der Waals surface area contributed by atoms with Crippen molar-refractivity contribution in [2.24, 2.45) is 0 Å². The van der Waals surface area contributed by atoms with Gasteiger partial charge in [0, 0.05) is 5.56 Å². The van der Waals surface area contributed by atoms with Crippen LogP contribution in [0.5, 0.6) is 0 Å². The third-order valence-corrected chi connectivity index (χ3v) is 4.73. The van der Waals surface area contributed by atoms with Gasteiger partial charge in [0.15, 0.2) is 10.8 Å². The lowest BCUT2D eigenvalue weighted by atomic mass is 10.0. The zero-order valence-electron chi connectivity index (χ0n) is 13.0. The van der Waals surface area contributed by atoms with Crippen LogP contribution in [0.25, 0.3) is 33.5 Å². The highest BCUT2D eigenvalue weighted by atomic mass is 35.5. The van der Waals surface area contributed by atoms with Gasteiger partial charge >= 0.3 is 0 Å². The number of hydrogen-bond acceptors (Lipinski definition) is 3. The van der Waals surface area contributed by atoms with Crippen LogP contribution in [0, 0.1) is 0 Å². The van der Waals surface area contributed by atoms with E-state index >= 15 is 0 Å². The lowest BCUT2D eigenvalue weighted by Gasteiger charge is -2.06. The van der Waals surface area contributed by atoms with Gasteiger partial charge in [-0.2, -0.15) is 0 Å². The van der Waals surface area contributed by atoms with E-state index in [0.29, 0.717) is 10.7 Å². The van der Waals surface area contributed by atoms with Gasteiger partial charge < -0.3 is 4.98 Å². The Morgan fingerprint density at radius 2 is 1.54 bits per heavy atom. The van der Waals surface area contributed by atoms with Crippen LogP contribution in [0.4, 0.5) is 0 Å². The summed E-state index contributed by atoms with van der Waals surface area (Å²) in [5.41, 5.74) is 5.63. The van der Waals surface area contributed by atoms with E-state index < -0.39 is 0 Å². The number of hydrogen-bond donors (Lipinski definition) is 1. The summed E-state index contributed by atoms with van der Waals surface area (Å²) >= 11 is 7.98. The molecule has 0 aliphatic rings. The van der Waals surface area contributed by atoms with E-state index in [0.717, 1.165) is 21.9 Å². The second kappa shape index (κ2) is 6.30. The van der Waals surface area contributed by atoms with Crippen molar-refractivity contribution in [1.82, 2.24) is 15.0 Å². The maximum absolute atomic E-state index is 6.43. The highest BCUT2D eigenvalue weighted by Gasteiger charge is 2.11. The fraction of sp³-hybridized carbons (Fsp3) is 0.0526. The lowest BCUT2D eigenvalue weighted by molar-refractivity contribution is 1.08. The van der Waals surface area contributed by atoms with Gasteiger partial charge in [-0.25, -0.2) is 9.97 Å². The molecule has 0 spiro atoms. The number of rotatable bonds is 3. The summed E-state index contributed by atoms with van der Waals surface area (Å²) in [5.74, 6) is 0. The molecule has 0 amide bonds. The van der Waals surface area contributed by atoms with Crippen molar-refractivity contribution in [2.75, 3.05) is 6.26 Å². The number of fused-ring (bicyclic) bond motifs is 1. The Morgan fingerprint density at radius 1 is 0.875 bits per heavy atom. The molecule has 2 aromatic carbocycles. The number of aromatic nitrogens is 3. The SMILES string of the molecule is CSc1nc2nc(-c3ccc(-c4ccccc4)cc3)c(Cl)cc2[nH]1. The maximum Gasteiger partial charge on any atom is 0.179 e. The average molecular weight is 352 g/mol. The Balaban J connectivity index is 1.75. The monoisotopic (exact) mass is 351 g/mol. The van der Waals surface area contributed by atoms with Crippen molar-refractivity contribution in [3.8, 4) is 22.4 Å². The van der Waals surface area contributed by atoms with Gasteiger partial charge in [0.05, 0.1) is 16.2 Å². The number of benzene rings is 2. The molecule has 4 aromatic rings. The Hall–Kier alpha value is -2.30. The molecule has 0 atom stereocenters. The molecule has 0 unspecified atom stereocenters. The molecule has 3 nitrogen and oxygen atoms in total. The van der Waals surface area contributed by atoms with E-state index in [9.17, 15) is 0 Å². The Kier molecular flexibility index (Phi) is 4.00. The molecule has 0 radical (unpaired) electrons. The molecule has 1 N–H and O–H groups in total. The summed E-state index contributed by atoms with van der Waals surface area (Å²) in [4.78, 5) is 12.3. The molecule has 0 bridgehead atoms. The van der Waals surface area contributed by atoms with E-state index in [-0.39, 0.29) is 0 Å². The maximum atomic E-state index is 6.43. The summed E-state index contributed by atoms with van der Waals surface area (Å²) in [5, 5.41) is 1.46. The summed E-state index contributed by atoms with van der Waals surface area (Å²) < 4.78 is 0. The number of halogens is 1. The fourth-order valence-electron chi connectivity index (χ4n) is 2.65. The summed E-state index contributed by atoms with van der Waals surface area (Å²) in [7, 11) is 0. The molecule has 2 heterocycles. The molecular formula is C19H14ClN3S. The second-order valence-corrected chi connectivity index (χ2v) is 6.58. The first kappa shape index (κ1) is 15.2. The average Bonchev–Trinajstić information content (AvgIpc) is 3.04. The van der Waals surface area contributed by atoms with Crippen molar-refractivity contribution in [3.63, 3.8) is 0 Å². The molecule has 0 aliphatic heterocycles. The van der Waals surface area contributed by atoms with Gasteiger partial charge in [0.1, 0.15) is 0 Å². The van der Waals surface area contributed by atoms with E-state index in [2.05, 4.69) is 39.2 Å². The first-order chi connectivity index (χ1) is 11.7. The molecule has 0 saturated carbocycles. The normalized spacial score (nSPS) is 11.1.